The minimum absolute atomic E-state index is 0.555. The molecule has 3 rings (SSSR count). The van der Waals surface area contributed by atoms with Gasteiger partial charge in [-0.25, -0.2) is 9.97 Å². The highest BCUT2D eigenvalue weighted by Gasteiger charge is 2.20. The Balaban J connectivity index is 1.92. The maximum atomic E-state index is 4.69. The largest absolute Gasteiger partial charge is 0.369 e. The molecule has 1 saturated heterocycles. The summed E-state index contributed by atoms with van der Waals surface area (Å²) in [5.74, 6) is 0.864. The van der Waals surface area contributed by atoms with Crippen LogP contribution in [0.2, 0.25) is 0 Å². The molecule has 1 N–H and O–H groups in total. The first-order chi connectivity index (χ1) is 9.28. The summed E-state index contributed by atoms with van der Waals surface area (Å²) in [5, 5.41) is 3.23. The van der Waals surface area contributed by atoms with E-state index in [1.165, 1.54) is 12.8 Å². The fourth-order valence-electron chi connectivity index (χ4n) is 2.75. The summed E-state index contributed by atoms with van der Waals surface area (Å²) in [6, 6.07) is 2.62. The second-order valence-electron chi connectivity index (χ2n) is 5.25. The van der Waals surface area contributed by atoms with E-state index in [4.69, 9.17) is 4.98 Å². The Morgan fingerprint density at radius 2 is 2.16 bits per heavy atom. The summed E-state index contributed by atoms with van der Waals surface area (Å²) < 4.78 is 2.30. The normalized spacial score (nSPS) is 18.0. The molecule has 0 bridgehead atoms. The fourth-order valence-corrected chi connectivity index (χ4v) is 2.75. The van der Waals surface area contributed by atoms with Crippen molar-refractivity contribution in [2.45, 2.75) is 25.8 Å². The lowest BCUT2D eigenvalue weighted by Gasteiger charge is -2.30. The third-order valence-corrected chi connectivity index (χ3v) is 3.86. The summed E-state index contributed by atoms with van der Waals surface area (Å²) in [6.07, 6.45) is 6.32. The van der Waals surface area contributed by atoms with E-state index in [1.807, 2.05) is 6.20 Å². The van der Waals surface area contributed by atoms with Gasteiger partial charge in [-0.3, -0.25) is 0 Å². The maximum Gasteiger partial charge on any atom is 0.161 e. The SMILES string of the molecule is CCNc1cnc2ccn(C3CCN(C)CC3)c2n1. The van der Waals surface area contributed by atoms with Crippen LogP contribution in [-0.2, 0) is 0 Å². The van der Waals surface area contributed by atoms with Crippen molar-refractivity contribution in [1.82, 2.24) is 19.4 Å². The number of nitrogens with one attached hydrogen (secondary N) is 1. The molecule has 0 aliphatic carbocycles. The summed E-state index contributed by atoms with van der Waals surface area (Å²) >= 11 is 0. The highest BCUT2D eigenvalue weighted by molar-refractivity contribution is 5.73. The van der Waals surface area contributed by atoms with Crippen molar-refractivity contribution < 1.29 is 0 Å². The van der Waals surface area contributed by atoms with Crippen LogP contribution in [0.25, 0.3) is 11.2 Å². The van der Waals surface area contributed by atoms with Crippen molar-refractivity contribution in [3.05, 3.63) is 18.5 Å². The zero-order valence-electron chi connectivity index (χ0n) is 11.6. The van der Waals surface area contributed by atoms with Gasteiger partial charge in [-0.05, 0) is 46.0 Å². The van der Waals surface area contributed by atoms with Gasteiger partial charge in [-0.15, -0.1) is 0 Å². The summed E-state index contributed by atoms with van der Waals surface area (Å²) in [7, 11) is 2.19. The lowest BCUT2D eigenvalue weighted by molar-refractivity contribution is 0.223. The van der Waals surface area contributed by atoms with Gasteiger partial charge in [0, 0.05) is 18.8 Å². The Labute approximate surface area is 113 Å². The van der Waals surface area contributed by atoms with E-state index >= 15 is 0 Å². The molecule has 0 atom stereocenters. The predicted molar refractivity (Wildman–Crippen MR) is 77.5 cm³/mol. The monoisotopic (exact) mass is 259 g/mol. The first kappa shape index (κ1) is 12.4. The molecule has 1 aliphatic heterocycles. The lowest BCUT2D eigenvalue weighted by atomic mass is 10.1. The third-order valence-electron chi connectivity index (χ3n) is 3.86. The third kappa shape index (κ3) is 2.42. The second-order valence-corrected chi connectivity index (χ2v) is 5.25. The van der Waals surface area contributed by atoms with E-state index in [0.29, 0.717) is 6.04 Å². The van der Waals surface area contributed by atoms with Crippen molar-refractivity contribution in [2.75, 3.05) is 32.0 Å². The number of fused-ring (bicyclic) bond motifs is 1. The molecule has 0 amide bonds. The van der Waals surface area contributed by atoms with Crippen LogP contribution in [0.15, 0.2) is 18.5 Å². The number of likely N-dealkylation sites (tertiary alicyclic amines) is 1. The predicted octanol–water partition coefficient (Wildman–Crippen LogP) is 2.13. The topological polar surface area (TPSA) is 46.0 Å². The maximum absolute atomic E-state index is 4.69. The van der Waals surface area contributed by atoms with Crippen LogP contribution in [-0.4, -0.2) is 46.1 Å². The van der Waals surface area contributed by atoms with Crippen LogP contribution < -0.4 is 5.32 Å². The molecule has 1 fully saturated rings. The molecule has 0 aromatic carbocycles. The summed E-state index contributed by atoms with van der Waals surface area (Å²) in [4.78, 5) is 11.6. The molecule has 0 radical (unpaired) electrons. The van der Waals surface area contributed by atoms with Crippen molar-refractivity contribution in [1.29, 1.82) is 0 Å². The number of aromatic nitrogens is 3. The first-order valence-corrected chi connectivity index (χ1v) is 7.04. The van der Waals surface area contributed by atoms with Crippen LogP contribution in [0, 0.1) is 0 Å². The van der Waals surface area contributed by atoms with Gasteiger partial charge in [0.15, 0.2) is 5.65 Å². The van der Waals surface area contributed by atoms with E-state index in [2.05, 4.69) is 46.0 Å². The minimum atomic E-state index is 0.555. The average Bonchev–Trinajstić information content (AvgIpc) is 2.83. The van der Waals surface area contributed by atoms with Gasteiger partial charge in [-0.1, -0.05) is 0 Å². The van der Waals surface area contributed by atoms with Gasteiger partial charge in [0.1, 0.15) is 11.3 Å². The summed E-state index contributed by atoms with van der Waals surface area (Å²) in [5.41, 5.74) is 1.99. The Bertz CT molecular complexity index is 554. The van der Waals surface area contributed by atoms with Gasteiger partial charge < -0.3 is 14.8 Å². The zero-order chi connectivity index (χ0) is 13.2. The number of hydrogen-bond donors (Lipinski definition) is 1. The van der Waals surface area contributed by atoms with Crippen molar-refractivity contribution in [2.24, 2.45) is 0 Å². The molecule has 1 aliphatic rings. The molecule has 5 heteroatoms. The van der Waals surface area contributed by atoms with Crippen LogP contribution in [0.5, 0.6) is 0 Å². The molecule has 2 aromatic rings. The number of nitrogens with zero attached hydrogens (tertiary/aromatic N) is 4. The van der Waals surface area contributed by atoms with E-state index in [9.17, 15) is 0 Å². The molecule has 5 nitrogen and oxygen atoms in total. The number of piperidine rings is 1. The average molecular weight is 259 g/mol. The van der Waals surface area contributed by atoms with E-state index < -0.39 is 0 Å². The van der Waals surface area contributed by atoms with Gasteiger partial charge >= 0.3 is 0 Å². The van der Waals surface area contributed by atoms with Gasteiger partial charge in [0.25, 0.3) is 0 Å². The van der Waals surface area contributed by atoms with Crippen LogP contribution in [0.3, 0.4) is 0 Å². The van der Waals surface area contributed by atoms with Crippen LogP contribution in [0.4, 0.5) is 5.82 Å². The molecule has 2 aromatic heterocycles. The van der Waals surface area contributed by atoms with Gasteiger partial charge in [-0.2, -0.15) is 0 Å². The van der Waals surface area contributed by atoms with Gasteiger partial charge in [0.05, 0.1) is 6.20 Å². The molecule has 3 heterocycles. The van der Waals surface area contributed by atoms with E-state index in [0.717, 1.165) is 36.6 Å². The van der Waals surface area contributed by atoms with Crippen LogP contribution >= 0.6 is 0 Å². The molecule has 19 heavy (non-hydrogen) atoms. The molecular weight excluding hydrogens is 238 g/mol. The van der Waals surface area contributed by atoms with Gasteiger partial charge in [0.2, 0.25) is 0 Å². The van der Waals surface area contributed by atoms with E-state index in [1.54, 1.807) is 0 Å². The molecule has 102 valence electrons. The lowest BCUT2D eigenvalue weighted by Crippen LogP contribution is -2.31. The highest BCUT2D eigenvalue weighted by Crippen LogP contribution is 2.26. The summed E-state index contributed by atoms with van der Waals surface area (Å²) in [6.45, 7) is 5.26. The number of rotatable bonds is 3. The first-order valence-electron chi connectivity index (χ1n) is 7.04. The minimum Gasteiger partial charge on any atom is -0.369 e. The molecule has 0 spiro atoms. The number of anilines is 1. The Kier molecular flexibility index (Phi) is 3.38. The van der Waals surface area contributed by atoms with Crippen LogP contribution in [0.1, 0.15) is 25.8 Å². The van der Waals surface area contributed by atoms with Crippen molar-refractivity contribution >= 4 is 17.0 Å². The smallest absolute Gasteiger partial charge is 0.161 e. The molecule has 0 saturated carbocycles. The Hall–Kier alpha value is -1.62. The number of hydrogen-bond acceptors (Lipinski definition) is 4. The highest BCUT2D eigenvalue weighted by atomic mass is 15.2. The van der Waals surface area contributed by atoms with Crippen molar-refractivity contribution in [3.63, 3.8) is 0 Å². The quantitative estimate of drug-likeness (QED) is 0.917. The molecular formula is C14H21N5. The second kappa shape index (κ2) is 5.17. The van der Waals surface area contributed by atoms with E-state index in [-0.39, 0.29) is 0 Å². The standard InChI is InChI=1S/C14H21N5/c1-3-15-13-10-16-12-6-9-19(14(12)17-13)11-4-7-18(2)8-5-11/h6,9-11H,3-5,7-8H2,1-2H3,(H,15,17). The van der Waals surface area contributed by atoms with Crippen molar-refractivity contribution in [3.8, 4) is 0 Å². The Morgan fingerprint density at radius 3 is 2.89 bits per heavy atom. The fraction of sp³-hybridized carbons (Fsp3) is 0.571. The molecule has 0 unspecified atom stereocenters. The Morgan fingerprint density at radius 1 is 1.37 bits per heavy atom. The zero-order valence-corrected chi connectivity index (χ0v) is 11.6.